The molecular formula is C16H31NO2. The zero-order valence-corrected chi connectivity index (χ0v) is 12.5. The lowest BCUT2D eigenvalue weighted by Gasteiger charge is -2.28. The Balaban J connectivity index is 1.42. The van der Waals surface area contributed by atoms with Crippen molar-refractivity contribution >= 4 is 0 Å². The Kier molecular flexibility index (Phi) is 7.18. The zero-order chi connectivity index (χ0) is 13.3. The van der Waals surface area contributed by atoms with Crippen molar-refractivity contribution in [3.8, 4) is 0 Å². The standard InChI is InChI=1S/C16H31NO2/c1-14(15-7-3-2-4-8-15)17-10-6-11-18-13-16-9-5-12-19-16/h14-17H,2-13H2,1H3. The van der Waals surface area contributed by atoms with Crippen molar-refractivity contribution in [3.63, 3.8) is 0 Å². The van der Waals surface area contributed by atoms with E-state index in [1.807, 2.05) is 0 Å². The number of nitrogens with one attached hydrogen (secondary N) is 1. The summed E-state index contributed by atoms with van der Waals surface area (Å²) in [5.74, 6) is 0.904. The van der Waals surface area contributed by atoms with Gasteiger partial charge in [0.25, 0.3) is 0 Å². The van der Waals surface area contributed by atoms with Gasteiger partial charge in [-0.05, 0) is 51.5 Å². The Morgan fingerprint density at radius 1 is 1.16 bits per heavy atom. The van der Waals surface area contributed by atoms with E-state index in [0.717, 1.165) is 38.7 Å². The molecule has 1 N–H and O–H groups in total. The van der Waals surface area contributed by atoms with Crippen LogP contribution in [-0.2, 0) is 9.47 Å². The monoisotopic (exact) mass is 269 g/mol. The fourth-order valence-corrected chi connectivity index (χ4v) is 3.30. The summed E-state index contributed by atoms with van der Waals surface area (Å²) in [6, 6.07) is 0.679. The highest BCUT2D eigenvalue weighted by Gasteiger charge is 2.19. The highest BCUT2D eigenvalue weighted by atomic mass is 16.5. The van der Waals surface area contributed by atoms with Crippen molar-refractivity contribution in [1.29, 1.82) is 0 Å². The van der Waals surface area contributed by atoms with Gasteiger partial charge < -0.3 is 14.8 Å². The summed E-state index contributed by atoms with van der Waals surface area (Å²) in [6.07, 6.45) is 11.0. The summed E-state index contributed by atoms with van der Waals surface area (Å²) in [5, 5.41) is 3.67. The summed E-state index contributed by atoms with van der Waals surface area (Å²) >= 11 is 0. The van der Waals surface area contributed by atoms with E-state index in [9.17, 15) is 0 Å². The van der Waals surface area contributed by atoms with Crippen LogP contribution >= 0.6 is 0 Å². The second kappa shape index (κ2) is 8.93. The highest BCUT2D eigenvalue weighted by molar-refractivity contribution is 4.75. The maximum atomic E-state index is 5.68. The van der Waals surface area contributed by atoms with Crippen LogP contribution in [0.4, 0.5) is 0 Å². The Morgan fingerprint density at radius 2 is 2.00 bits per heavy atom. The van der Waals surface area contributed by atoms with Crippen LogP contribution in [0.3, 0.4) is 0 Å². The van der Waals surface area contributed by atoms with E-state index < -0.39 is 0 Å². The van der Waals surface area contributed by atoms with Gasteiger partial charge in [-0.3, -0.25) is 0 Å². The van der Waals surface area contributed by atoms with Crippen LogP contribution < -0.4 is 5.32 Å². The van der Waals surface area contributed by atoms with E-state index in [0.29, 0.717) is 12.1 Å². The zero-order valence-electron chi connectivity index (χ0n) is 12.5. The Hall–Kier alpha value is -0.120. The molecule has 1 saturated heterocycles. The lowest BCUT2D eigenvalue weighted by Crippen LogP contribution is -2.35. The molecule has 0 aromatic heterocycles. The smallest absolute Gasteiger partial charge is 0.0809 e. The summed E-state index contributed by atoms with van der Waals surface area (Å²) in [6.45, 7) is 6.02. The number of hydrogen-bond donors (Lipinski definition) is 1. The van der Waals surface area contributed by atoms with Gasteiger partial charge >= 0.3 is 0 Å². The molecule has 1 heterocycles. The molecule has 2 fully saturated rings. The quantitative estimate of drug-likeness (QED) is 0.687. The first kappa shape index (κ1) is 15.3. The van der Waals surface area contributed by atoms with Crippen LogP contribution in [-0.4, -0.2) is 38.5 Å². The van der Waals surface area contributed by atoms with Crippen molar-refractivity contribution in [2.24, 2.45) is 5.92 Å². The van der Waals surface area contributed by atoms with E-state index >= 15 is 0 Å². The largest absolute Gasteiger partial charge is 0.379 e. The molecule has 1 saturated carbocycles. The molecule has 19 heavy (non-hydrogen) atoms. The van der Waals surface area contributed by atoms with Gasteiger partial charge in [-0.1, -0.05) is 19.3 Å². The molecule has 1 aliphatic carbocycles. The molecule has 1 aliphatic heterocycles. The van der Waals surface area contributed by atoms with Gasteiger partial charge in [-0.2, -0.15) is 0 Å². The van der Waals surface area contributed by atoms with Crippen molar-refractivity contribution in [2.45, 2.75) is 70.4 Å². The third-order valence-electron chi connectivity index (χ3n) is 4.62. The predicted octanol–water partition coefficient (Wildman–Crippen LogP) is 3.13. The van der Waals surface area contributed by atoms with Gasteiger partial charge in [0.05, 0.1) is 12.7 Å². The van der Waals surface area contributed by atoms with E-state index in [1.54, 1.807) is 0 Å². The molecule has 0 aromatic rings. The lowest BCUT2D eigenvalue weighted by atomic mass is 9.84. The van der Waals surface area contributed by atoms with Gasteiger partial charge in [0, 0.05) is 19.3 Å². The van der Waals surface area contributed by atoms with Crippen molar-refractivity contribution in [3.05, 3.63) is 0 Å². The van der Waals surface area contributed by atoms with Gasteiger partial charge in [-0.25, -0.2) is 0 Å². The van der Waals surface area contributed by atoms with Crippen LogP contribution in [0.2, 0.25) is 0 Å². The molecule has 0 amide bonds. The maximum absolute atomic E-state index is 5.68. The minimum absolute atomic E-state index is 0.370. The molecule has 0 radical (unpaired) electrons. The molecule has 112 valence electrons. The molecule has 2 aliphatic rings. The van der Waals surface area contributed by atoms with Gasteiger partial charge in [0.2, 0.25) is 0 Å². The van der Waals surface area contributed by atoms with Crippen molar-refractivity contribution in [1.82, 2.24) is 5.32 Å². The number of rotatable bonds is 8. The molecule has 2 rings (SSSR count). The average molecular weight is 269 g/mol. The lowest BCUT2D eigenvalue weighted by molar-refractivity contribution is 0.0164. The molecule has 0 spiro atoms. The number of hydrogen-bond acceptors (Lipinski definition) is 3. The summed E-state index contributed by atoms with van der Waals surface area (Å²) < 4.78 is 11.2. The molecular weight excluding hydrogens is 238 g/mol. The van der Waals surface area contributed by atoms with E-state index in [2.05, 4.69) is 12.2 Å². The minimum atomic E-state index is 0.370. The van der Waals surface area contributed by atoms with E-state index in [4.69, 9.17) is 9.47 Å². The average Bonchev–Trinajstić information content (AvgIpc) is 2.96. The maximum Gasteiger partial charge on any atom is 0.0809 e. The van der Waals surface area contributed by atoms with Crippen LogP contribution in [0.25, 0.3) is 0 Å². The first-order valence-electron chi connectivity index (χ1n) is 8.29. The van der Waals surface area contributed by atoms with Crippen molar-refractivity contribution < 1.29 is 9.47 Å². The summed E-state index contributed by atoms with van der Waals surface area (Å²) in [4.78, 5) is 0. The third kappa shape index (κ3) is 5.80. The van der Waals surface area contributed by atoms with Gasteiger partial charge in [0.15, 0.2) is 0 Å². The van der Waals surface area contributed by atoms with Crippen LogP contribution in [0.5, 0.6) is 0 Å². The second-order valence-corrected chi connectivity index (χ2v) is 6.20. The topological polar surface area (TPSA) is 30.5 Å². The normalized spacial score (nSPS) is 26.7. The van der Waals surface area contributed by atoms with E-state index in [1.165, 1.54) is 44.9 Å². The summed E-state index contributed by atoms with van der Waals surface area (Å²) in [7, 11) is 0. The molecule has 2 atom stereocenters. The fourth-order valence-electron chi connectivity index (χ4n) is 3.30. The second-order valence-electron chi connectivity index (χ2n) is 6.20. The Labute approximate surface area is 118 Å². The van der Waals surface area contributed by atoms with Crippen molar-refractivity contribution in [2.75, 3.05) is 26.4 Å². The molecule has 0 bridgehead atoms. The van der Waals surface area contributed by atoms with Gasteiger partial charge in [-0.15, -0.1) is 0 Å². The third-order valence-corrected chi connectivity index (χ3v) is 4.62. The van der Waals surface area contributed by atoms with E-state index in [-0.39, 0.29) is 0 Å². The predicted molar refractivity (Wildman–Crippen MR) is 78.4 cm³/mol. The fraction of sp³-hybridized carbons (Fsp3) is 1.00. The molecule has 2 unspecified atom stereocenters. The van der Waals surface area contributed by atoms with Gasteiger partial charge in [0.1, 0.15) is 0 Å². The van der Waals surface area contributed by atoms with Crippen LogP contribution in [0, 0.1) is 5.92 Å². The summed E-state index contributed by atoms with van der Waals surface area (Å²) in [5.41, 5.74) is 0. The molecule has 3 heteroatoms. The first-order valence-corrected chi connectivity index (χ1v) is 8.29. The van der Waals surface area contributed by atoms with Crippen LogP contribution in [0.15, 0.2) is 0 Å². The Morgan fingerprint density at radius 3 is 2.74 bits per heavy atom. The highest BCUT2D eigenvalue weighted by Crippen LogP contribution is 2.26. The first-order chi connectivity index (χ1) is 9.36. The minimum Gasteiger partial charge on any atom is -0.379 e. The number of ether oxygens (including phenoxy) is 2. The van der Waals surface area contributed by atoms with Crippen LogP contribution in [0.1, 0.15) is 58.3 Å². The molecule has 3 nitrogen and oxygen atoms in total. The molecule has 0 aromatic carbocycles. The SMILES string of the molecule is CC(NCCCOCC1CCCO1)C1CCCCC1. The Bertz CT molecular complexity index is 223.